The summed E-state index contributed by atoms with van der Waals surface area (Å²) >= 11 is 5.92. The number of nitrogens with one attached hydrogen (secondary N) is 1. The number of hydrogen-bond donors (Lipinski definition) is 1. The third kappa shape index (κ3) is 4.29. The van der Waals surface area contributed by atoms with E-state index in [9.17, 15) is 0 Å². The first kappa shape index (κ1) is 15.5. The van der Waals surface area contributed by atoms with Crippen LogP contribution in [0.2, 0.25) is 5.02 Å². The number of ether oxygens (including phenoxy) is 1. The smallest absolute Gasteiger partial charge is 0.227 e. The van der Waals surface area contributed by atoms with E-state index in [1.807, 2.05) is 0 Å². The van der Waals surface area contributed by atoms with Crippen LogP contribution in [0.3, 0.4) is 0 Å². The summed E-state index contributed by atoms with van der Waals surface area (Å²) in [7, 11) is 0. The van der Waals surface area contributed by atoms with Crippen LogP contribution in [-0.2, 0) is 6.42 Å². The molecule has 0 atom stereocenters. The Hall–Kier alpha value is -1.88. The van der Waals surface area contributed by atoms with Gasteiger partial charge in [0.05, 0.1) is 16.8 Å². The maximum absolute atomic E-state index is 5.92. The summed E-state index contributed by atoms with van der Waals surface area (Å²) in [5, 5.41) is 3.84. The van der Waals surface area contributed by atoms with Gasteiger partial charge in [-0.15, -0.1) is 0 Å². The molecule has 2 heterocycles. The predicted molar refractivity (Wildman–Crippen MR) is 84.1 cm³/mol. The van der Waals surface area contributed by atoms with Gasteiger partial charge in [0.15, 0.2) is 0 Å². The first-order valence-corrected chi connectivity index (χ1v) is 7.48. The Morgan fingerprint density at radius 3 is 2.76 bits per heavy atom. The number of anilines is 1. The van der Waals surface area contributed by atoms with Gasteiger partial charge in [-0.2, -0.15) is 0 Å². The fraction of sp³-hybridized carbons (Fsp3) is 0.400. The maximum atomic E-state index is 5.92. The van der Waals surface area contributed by atoms with Crippen LogP contribution in [0, 0.1) is 0 Å². The number of halogens is 1. The zero-order valence-corrected chi connectivity index (χ0v) is 13.0. The zero-order chi connectivity index (χ0) is 15.1. The van der Waals surface area contributed by atoms with Crippen molar-refractivity contribution in [1.82, 2.24) is 15.0 Å². The molecule has 2 rings (SSSR count). The second kappa shape index (κ2) is 7.78. The summed E-state index contributed by atoms with van der Waals surface area (Å²) in [6.45, 7) is 5.09. The van der Waals surface area contributed by atoms with Crippen LogP contribution in [-0.4, -0.2) is 21.5 Å². The van der Waals surface area contributed by atoms with Crippen LogP contribution in [0.4, 0.5) is 5.82 Å². The molecule has 2 aromatic heterocycles. The highest BCUT2D eigenvalue weighted by atomic mass is 35.5. The topological polar surface area (TPSA) is 59.9 Å². The number of aromatic nitrogens is 3. The Kier molecular flexibility index (Phi) is 5.75. The summed E-state index contributed by atoms with van der Waals surface area (Å²) in [6, 6.07) is 1.71. The molecule has 0 aliphatic carbocycles. The van der Waals surface area contributed by atoms with E-state index in [1.165, 1.54) is 6.33 Å². The van der Waals surface area contributed by atoms with Crippen molar-refractivity contribution in [2.75, 3.05) is 11.9 Å². The molecule has 0 aromatic carbocycles. The maximum Gasteiger partial charge on any atom is 0.227 e. The van der Waals surface area contributed by atoms with Gasteiger partial charge in [0, 0.05) is 18.8 Å². The molecule has 0 saturated carbocycles. The van der Waals surface area contributed by atoms with E-state index in [4.69, 9.17) is 16.3 Å². The average Bonchev–Trinajstić information content (AvgIpc) is 2.48. The second-order valence-electron chi connectivity index (χ2n) is 4.62. The molecule has 0 aliphatic heterocycles. The van der Waals surface area contributed by atoms with E-state index >= 15 is 0 Å². The molecule has 0 amide bonds. The van der Waals surface area contributed by atoms with Crippen molar-refractivity contribution in [1.29, 1.82) is 0 Å². The molecule has 112 valence electrons. The quantitative estimate of drug-likeness (QED) is 0.834. The minimum atomic E-state index is 0.530. The lowest BCUT2D eigenvalue weighted by molar-refractivity contribution is 0.452. The van der Waals surface area contributed by atoms with Gasteiger partial charge in [0.2, 0.25) is 5.88 Å². The third-order valence-corrected chi connectivity index (χ3v) is 3.05. The van der Waals surface area contributed by atoms with Gasteiger partial charge >= 0.3 is 0 Å². The molecule has 6 heteroatoms. The van der Waals surface area contributed by atoms with E-state index < -0.39 is 0 Å². The minimum Gasteiger partial charge on any atom is -0.437 e. The second-order valence-corrected chi connectivity index (χ2v) is 5.06. The van der Waals surface area contributed by atoms with Gasteiger partial charge < -0.3 is 10.1 Å². The molecular weight excluding hydrogens is 288 g/mol. The predicted octanol–water partition coefficient (Wildman–Crippen LogP) is 4.09. The largest absolute Gasteiger partial charge is 0.437 e. The van der Waals surface area contributed by atoms with Crippen molar-refractivity contribution < 1.29 is 4.74 Å². The van der Waals surface area contributed by atoms with Gasteiger partial charge in [0.1, 0.15) is 17.9 Å². The lowest BCUT2D eigenvalue weighted by Crippen LogP contribution is -2.07. The molecular formula is C15H19ClN4O. The van der Waals surface area contributed by atoms with Crippen LogP contribution in [0.15, 0.2) is 24.8 Å². The summed E-state index contributed by atoms with van der Waals surface area (Å²) in [5.74, 6) is 1.95. The first-order chi connectivity index (χ1) is 10.2. The molecule has 0 unspecified atom stereocenters. The summed E-state index contributed by atoms with van der Waals surface area (Å²) in [5.41, 5.74) is 0.980. The van der Waals surface area contributed by atoms with Gasteiger partial charge in [-0.25, -0.2) is 9.97 Å². The fourth-order valence-electron chi connectivity index (χ4n) is 1.92. The lowest BCUT2D eigenvalue weighted by atomic mass is 10.1. The Bertz CT molecular complexity index is 592. The van der Waals surface area contributed by atoms with Crippen molar-refractivity contribution in [3.05, 3.63) is 35.4 Å². The molecule has 5 nitrogen and oxygen atoms in total. The van der Waals surface area contributed by atoms with Gasteiger partial charge in [-0.3, -0.25) is 4.98 Å². The monoisotopic (exact) mass is 306 g/mol. The Morgan fingerprint density at radius 2 is 2.05 bits per heavy atom. The molecule has 1 N–H and O–H groups in total. The van der Waals surface area contributed by atoms with Crippen molar-refractivity contribution in [3.63, 3.8) is 0 Å². The molecule has 0 radical (unpaired) electrons. The summed E-state index contributed by atoms with van der Waals surface area (Å²) in [6.07, 6.45) is 7.54. The molecule has 0 fully saturated rings. The first-order valence-electron chi connectivity index (χ1n) is 7.10. The van der Waals surface area contributed by atoms with E-state index in [2.05, 4.69) is 34.1 Å². The van der Waals surface area contributed by atoms with Crippen molar-refractivity contribution in [2.45, 2.75) is 33.1 Å². The Morgan fingerprint density at radius 1 is 1.19 bits per heavy atom. The normalized spacial score (nSPS) is 10.4. The van der Waals surface area contributed by atoms with E-state index in [0.717, 1.165) is 37.2 Å². The highest BCUT2D eigenvalue weighted by Gasteiger charge is 2.13. The van der Waals surface area contributed by atoms with Gasteiger partial charge in [-0.05, 0) is 12.8 Å². The van der Waals surface area contributed by atoms with Gasteiger partial charge in [-0.1, -0.05) is 31.9 Å². The number of pyridine rings is 1. The molecule has 0 saturated heterocycles. The van der Waals surface area contributed by atoms with E-state index in [1.54, 1.807) is 18.5 Å². The zero-order valence-electron chi connectivity index (χ0n) is 12.3. The lowest BCUT2D eigenvalue weighted by Gasteiger charge is -2.13. The highest BCUT2D eigenvalue weighted by molar-refractivity contribution is 6.30. The van der Waals surface area contributed by atoms with Crippen molar-refractivity contribution in [3.8, 4) is 11.6 Å². The van der Waals surface area contributed by atoms with Crippen LogP contribution in [0.1, 0.15) is 32.3 Å². The number of rotatable bonds is 7. The third-order valence-electron chi connectivity index (χ3n) is 2.84. The molecule has 0 aliphatic rings. The molecule has 0 spiro atoms. The van der Waals surface area contributed by atoms with Crippen molar-refractivity contribution in [2.24, 2.45) is 0 Å². The molecule has 0 bridgehead atoms. The highest BCUT2D eigenvalue weighted by Crippen LogP contribution is 2.28. The summed E-state index contributed by atoms with van der Waals surface area (Å²) < 4.78 is 5.83. The van der Waals surface area contributed by atoms with E-state index in [-0.39, 0.29) is 0 Å². The Labute approximate surface area is 129 Å². The van der Waals surface area contributed by atoms with Crippen LogP contribution >= 0.6 is 11.6 Å². The standard InChI is InChI=1S/C15H19ClN4O/c1-3-5-13-14(18-6-4-2)19-10-20-15(13)21-12-7-11(16)8-17-9-12/h7-10H,3-6H2,1-2H3,(H,18,19,20). The van der Waals surface area contributed by atoms with Crippen LogP contribution < -0.4 is 10.1 Å². The number of nitrogens with zero attached hydrogens (tertiary/aromatic N) is 3. The Balaban J connectivity index is 2.28. The van der Waals surface area contributed by atoms with Crippen LogP contribution in [0.25, 0.3) is 0 Å². The molecule has 2 aromatic rings. The van der Waals surface area contributed by atoms with Crippen LogP contribution in [0.5, 0.6) is 11.6 Å². The molecule has 21 heavy (non-hydrogen) atoms. The fourth-order valence-corrected chi connectivity index (χ4v) is 2.08. The minimum absolute atomic E-state index is 0.530. The average molecular weight is 307 g/mol. The summed E-state index contributed by atoms with van der Waals surface area (Å²) in [4.78, 5) is 12.6. The number of hydrogen-bond acceptors (Lipinski definition) is 5. The van der Waals surface area contributed by atoms with Gasteiger partial charge in [0.25, 0.3) is 0 Å². The van der Waals surface area contributed by atoms with E-state index in [0.29, 0.717) is 16.7 Å². The van der Waals surface area contributed by atoms with Crippen molar-refractivity contribution >= 4 is 17.4 Å². The SMILES string of the molecule is CCCNc1ncnc(Oc2cncc(Cl)c2)c1CCC.